The van der Waals surface area contributed by atoms with Crippen LogP contribution in [-0.4, -0.2) is 4.92 Å². The van der Waals surface area contributed by atoms with Crippen LogP contribution in [0, 0.1) is 17.0 Å². The number of nitrogens with zero attached hydrogens (tertiary/aromatic N) is 1. The van der Waals surface area contributed by atoms with E-state index in [1.807, 2.05) is 12.1 Å². The average Bonchev–Trinajstić information content (AvgIpc) is 2.41. The topological polar surface area (TPSA) is 43.1 Å². The van der Waals surface area contributed by atoms with Gasteiger partial charge >= 0.3 is 0 Å². The van der Waals surface area contributed by atoms with Crippen molar-refractivity contribution in [2.24, 2.45) is 0 Å². The standard InChI is InChI=1S/C16H17NO2/c1-13-5-2-3-7-15(13)8-4-6-14-9-11-16(12-10-14)17(18)19/h2-3,5,7,9-12H,4,6,8H2,1H3. The van der Waals surface area contributed by atoms with E-state index in [1.165, 1.54) is 11.1 Å². The van der Waals surface area contributed by atoms with E-state index in [9.17, 15) is 10.1 Å². The number of benzene rings is 2. The van der Waals surface area contributed by atoms with Crippen LogP contribution in [0.4, 0.5) is 5.69 Å². The van der Waals surface area contributed by atoms with Gasteiger partial charge in [-0.3, -0.25) is 10.1 Å². The molecule has 2 aromatic rings. The number of nitro benzene ring substituents is 1. The molecule has 2 rings (SSSR count). The summed E-state index contributed by atoms with van der Waals surface area (Å²) in [5.74, 6) is 0. The maximum absolute atomic E-state index is 10.6. The minimum Gasteiger partial charge on any atom is -0.258 e. The first-order valence-corrected chi connectivity index (χ1v) is 6.44. The Morgan fingerprint density at radius 1 is 1.00 bits per heavy atom. The van der Waals surface area contributed by atoms with Crippen molar-refractivity contribution in [1.82, 2.24) is 0 Å². The lowest BCUT2D eigenvalue weighted by Crippen LogP contribution is -1.93. The molecule has 0 radical (unpaired) electrons. The highest BCUT2D eigenvalue weighted by atomic mass is 16.6. The molecule has 3 nitrogen and oxygen atoms in total. The molecule has 0 N–H and O–H groups in total. The summed E-state index contributed by atoms with van der Waals surface area (Å²) in [5, 5.41) is 10.6. The van der Waals surface area contributed by atoms with Crippen LogP contribution in [0.5, 0.6) is 0 Å². The zero-order chi connectivity index (χ0) is 13.7. The highest BCUT2D eigenvalue weighted by molar-refractivity contribution is 5.33. The first-order chi connectivity index (χ1) is 9.16. The van der Waals surface area contributed by atoms with E-state index < -0.39 is 0 Å². The van der Waals surface area contributed by atoms with Gasteiger partial charge in [0, 0.05) is 12.1 Å². The highest BCUT2D eigenvalue weighted by Crippen LogP contribution is 2.15. The lowest BCUT2D eigenvalue weighted by Gasteiger charge is -2.05. The van der Waals surface area contributed by atoms with Crippen LogP contribution >= 0.6 is 0 Å². The molecule has 0 aliphatic carbocycles. The molecule has 2 aromatic carbocycles. The van der Waals surface area contributed by atoms with E-state index in [0.29, 0.717) is 0 Å². The van der Waals surface area contributed by atoms with Gasteiger partial charge in [-0.2, -0.15) is 0 Å². The van der Waals surface area contributed by atoms with Crippen LogP contribution in [0.1, 0.15) is 23.1 Å². The summed E-state index contributed by atoms with van der Waals surface area (Å²) in [7, 11) is 0. The van der Waals surface area contributed by atoms with Crippen LogP contribution in [0.15, 0.2) is 48.5 Å². The van der Waals surface area contributed by atoms with Crippen LogP contribution in [0.2, 0.25) is 0 Å². The number of rotatable bonds is 5. The van der Waals surface area contributed by atoms with Gasteiger partial charge in [-0.15, -0.1) is 0 Å². The van der Waals surface area contributed by atoms with Crippen molar-refractivity contribution < 1.29 is 4.92 Å². The third-order valence-electron chi connectivity index (χ3n) is 3.32. The van der Waals surface area contributed by atoms with Gasteiger partial charge in [0.2, 0.25) is 0 Å². The molecule has 19 heavy (non-hydrogen) atoms. The molecule has 0 fully saturated rings. The van der Waals surface area contributed by atoms with E-state index in [4.69, 9.17) is 0 Å². The molecule has 0 atom stereocenters. The zero-order valence-electron chi connectivity index (χ0n) is 11.0. The Bertz CT molecular complexity index is 561. The minimum absolute atomic E-state index is 0.155. The quantitative estimate of drug-likeness (QED) is 0.597. The van der Waals surface area contributed by atoms with Crippen molar-refractivity contribution in [1.29, 1.82) is 0 Å². The third kappa shape index (κ3) is 3.65. The lowest BCUT2D eigenvalue weighted by atomic mass is 10.0. The second-order valence-corrected chi connectivity index (χ2v) is 4.70. The fraction of sp³-hybridized carbons (Fsp3) is 0.250. The van der Waals surface area contributed by atoms with Gasteiger partial charge in [0.05, 0.1) is 4.92 Å². The molecule has 0 heterocycles. The minimum atomic E-state index is -0.364. The molecule has 0 aromatic heterocycles. The smallest absolute Gasteiger partial charge is 0.258 e. The molecule has 0 aliphatic heterocycles. The maximum atomic E-state index is 10.6. The van der Waals surface area contributed by atoms with Crippen molar-refractivity contribution in [3.05, 3.63) is 75.3 Å². The molecule has 3 heteroatoms. The fourth-order valence-corrected chi connectivity index (χ4v) is 2.16. The summed E-state index contributed by atoms with van der Waals surface area (Å²) in [5.41, 5.74) is 4.01. The maximum Gasteiger partial charge on any atom is 0.269 e. The second kappa shape index (κ2) is 6.14. The zero-order valence-corrected chi connectivity index (χ0v) is 11.0. The van der Waals surface area contributed by atoms with E-state index in [0.717, 1.165) is 24.8 Å². The monoisotopic (exact) mass is 255 g/mol. The first kappa shape index (κ1) is 13.3. The molecule has 0 saturated heterocycles. The largest absolute Gasteiger partial charge is 0.269 e. The first-order valence-electron chi connectivity index (χ1n) is 6.44. The Morgan fingerprint density at radius 3 is 2.32 bits per heavy atom. The van der Waals surface area contributed by atoms with E-state index in [-0.39, 0.29) is 10.6 Å². The molecule has 0 bridgehead atoms. The van der Waals surface area contributed by atoms with Gasteiger partial charge < -0.3 is 0 Å². The average molecular weight is 255 g/mol. The summed E-state index contributed by atoms with van der Waals surface area (Å²) in [6.07, 6.45) is 3.05. The number of hydrogen-bond acceptors (Lipinski definition) is 2. The van der Waals surface area contributed by atoms with Crippen LogP contribution < -0.4 is 0 Å². The molecular formula is C16H17NO2. The fourth-order valence-electron chi connectivity index (χ4n) is 2.16. The predicted octanol–water partition coefficient (Wildman–Crippen LogP) is 4.08. The number of nitro groups is 1. The Kier molecular flexibility index (Phi) is 4.29. The number of aryl methyl sites for hydroxylation is 3. The predicted molar refractivity (Wildman–Crippen MR) is 76.3 cm³/mol. The van der Waals surface area contributed by atoms with Crippen LogP contribution in [0.25, 0.3) is 0 Å². The van der Waals surface area contributed by atoms with Gasteiger partial charge in [0.15, 0.2) is 0 Å². The molecular weight excluding hydrogens is 238 g/mol. The number of hydrogen-bond donors (Lipinski definition) is 0. The van der Waals surface area contributed by atoms with Crippen molar-refractivity contribution in [2.75, 3.05) is 0 Å². The summed E-state index contributed by atoms with van der Waals surface area (Å²) in [6.45, 7) is 2.13. The Hall–Kier alpha value is -2.16. The summed E-state index contributed by atoms with van der Waals surface area (Å²) in [4.78, 5) is 10.2. The normalized spacial score (nSPS) is 10.4. The molecule has 0 spiro atoms. The summed E-state index contributed by atoms with van der Waals surface area (Å²) < 4.78 is 0. The van der Waals surface area contributed by atoms with Crippen LogP contribution in [-0.2, 0) is 12.8 Å². The van der Waals surface area contributed by atoms with Crippen LogP contribution in [0.3, 0.4) is 0 Å². The summed E-state index contributed by atoms with van der Waals surface area (Å²) >= 11 is 0. The molecule has 0 aliphatic rings. The second-order valence-electron chi connectivity index (χ2n) is 4.70. The summed E-state index contributed by atoms with van der Waals surface area (Å²) in [6, 6.07) is 15.2. The van der Waals surface area contributed by atoms with E-state index >= 15 is 0 Å². The van der Waals surface area contributed by atoms with Gasteiger partial charge in [-0.1, -0.05) is 36.4 Å². The molecule has 98 valence electrons. The van der Waals surface area contributed by atoms with E-state index in [2.05, 4.69) is 31.2 Å². The Morgan fingerprint density at radius 2 is 1.68 bits per heavy atom. The van der Waals surface area contributed by atoms with Gasteiger partial charge in [0.25, 0.3) is 5.69 Å². The SMILES string of the molecule is Cc1ccccc1CCCc1ccc([N+](=O)[O-])cc1. The Labute approximate surface area is 113 Å². The number of non-ortho nitro benzene ring substituents is 1. The lowest BCUT2D eigenvalue weighted by molar-refractivity contribution is -0.384. The molecule has 0 amide bonds. The van der Waals surface area contributed by atoms with E-state index in [1.54, 1.807) is 12.1 Å². The van der Waals surface area contributed by atoms with Crippen molar-refractivity contribution in [2.45, 2.75) is 26.2 Å². The van der Waals surface area contributed by atoms with Gasteiger partial charge in [0.1, 0.15) is 0 Å². The van der Waals surface area contributed by atoms with Crippen molar-refractivity contribution in [3.8, 4) is 0 Å². The Balaban J connectivity index is 1.89. The molecule has 0 saturated carbocycles. The van der Waals surface area contributed by atoms with Crippen molar-refractivity contribution in [3.63, 3.8) is 0 Å². The van der Waals surface area contributed by atoms with Gasteiger partial charge in [-0.25, -0.2) is 0 Å². The van der Waals surface area contributed by atoms with Crippen molar-refractivity contribution >= 4 is 5.69 Å². The molecule has 0 unspecified atom stereocenters. The van der Waals surface area contributed by atoms with Gasteiger partial charge in [-0.05, 0) is 42.9 Å². The third-order valence-corrected chi connectivity index (χ3v) is 3.32. The highest BCUT2D eigenvalue weighted by Gasteiger charge is 2.04.